The van der Waals surface area contributed by atoms with E-state index in [0.29, 0.717) is 23.7 Å². The minimum Gasteiger partial charge on any atom is -0.497 e. The number of rotatable bonds is 7. The zero-order valence-corrected chi connectivity index (χ0v) is 22.7. The first-order valence-electron chi connectivity index (χ1n) is 11.7. The molecule has 0 unspecified atom stereocenters. The number of carbonyl (C=O) groups is 2. The highest BCUT2D eigenvalue weighted by atomic mass is 35.5. The van der Waals surface area contributed by atoms with Crippen LogP contribution in [0, 0.1) is 0 Å². The number of amides is 2. The van der Waals surface area contributed by atoms with E-state index in [0.717, 1.165) is 35.1 Å². The summed E-state index contributed by atoms with van der Waals surface area (Å²) in [4.78, 5) is 30.1. The summed E-state index contributed by atoms with van der Waals surface area (Å²) in [5.41, 5.74) is 2.51. The Morgan fingerprint density at radius 2 is 1.59 bits per heavy atom. The molecule has 0 atom stereocenters. The molecule has 1 aliphatic heterocycles. The van der Waals surface area contributed by atoms with Crippen LogP contribution in [0.1, 0.15) is 10.4 Å². The smallest absolute Gasteiger partial charge is 0.253 e. The second-order valence-electron chi connectivity index (χ2n) is 8.30. The summed E-state index contributed by atoms with van der Waals surface area (Å²) in [6.07, 6.45) is 0. The van der Waals surface area contributed by atoms with Crippen molar-refractivity contribution in [2.45, 2.75) is 4.90 Å². The number of benzene rings is 3. The van der Waals surface area contributed by atoms with Crippen LogP contribution in [-0.2, 0) is 4.79 Å². The Hall–Kier alpha value is -3.27. The Morgan fingerprint density at radius 1 is 0.946 bits per heavy atom. The number of nitrogens with one attached hydrogen (secondary N) is 2. The van der Waals surface area contributed by atoms with E-state index >= 15 is 0 Å². The lowest BCUT2D eigenvalue weighted by molar-refractivity contribution is -0.117. The second-order valence-corrected chi connectivity index (χ2v) is 10.2. The number of nitrogens with zero attached hydrogens (tertiary/aromatic N) is 2. The Morgan fingerprint density at radius 3 is 2.22 bits per heavy atom. The molecule has 0 spiro atoms. The lowest BCUT2D eigenvalue weighted by Gasteiger charge is -2.36. The molecule has 1 heterocycles. The maximum atomic E-state index is 12.8. The van der Waals surface area contributed by atoms with E-state index in [1.165, 1.54) is 11.8 Å². The molecule has 0 radical (unpaired) electrons. The quantitative estimate of drug-likeness (QED) is 0.317. The summed E-state index contributed by atoms with van der Waals surface area (Å²) in [6.45, 7) is 2.78. The third-order valence-corrected chi connectivity index (χ3v) is 7.30. The average molecular weight is 555 g/mol. The molecule has 10 heteroatoms. The molecule has 3 aromatic carbocycles. The van der Waals surface area contributed by atoms with Crippen molar-refractivity contribution in [2.75, 3.05) is 49.3 Å². The lowest BCUT2D eigenvalue weighted by Crippen LogP contribution is -2.48. The second kappa shape index (κ2) is 12.8. The topological polar surface area (TPSA) is 73.9 Å². The van der Waals surface area contributed by atoms with Gasteiger partial charge >= 0.3 is 0 Å². The minimum atomic E-state index is -0.184. The van der Waals surface area contributed by atoms with Crippen molar-refractivity contribution in [2.24, 2.45) is 0 Å². The molecule has 2 amide bonds. The highest BCUT2D eigenvalue weighted by Gasteiger charge is 2.22. The van der Waals surface area contributed by atoms with Gasteiger partial charge in [0.15, 0.2) is 5.11 Å². The zero-order valence-electron chi connectivity index (χ0n) is 20.3. The largest absolute Gasteiger partial charge is 0.497 e. The summed E-state index contributed by atoms with van der Waals surface area (Å²) < 4.78 is 5.17. The van der Waals surface area contributed by atoms with E-state index in [2.05, 4.69) is 15.5 Å². The number of hydrogen-bond acceptors (Lipinski definition) is 6. The van der Waals surface area contributed by atoms with Crippen molar-refractivity contribution in [1.82, 2.24) is 10.2 Å². The molecule has 0 aromatic heterocycles. The predicted octanol–water partition coefficient (Wildman–Crippen LogP) is 4.92. The molecule has 37 heavy (non-hydrogen) atoms. The SMILES string of the molecule is COc1ccc(C(=O)N2CCN(c3ccc(NC(=S)NC(=O)CSc4ccc(Cl)cc4)cc3)CC2)cc1. The van der Waals surface area contributed by atoms with Gasteiger partial charge in [0.2, 0.25) is 5.91 Å². The fourth-order valence-electron chi connectivity index (χ4n) is 3.84. The molecular formula is C27H27ClN4O3S2. The molecule has 2 N–H and O–H groups in total. The summed E-state index contributed by atoms with van der Waals surface area (Å²) in [5.74, 6) is 0.825. The average Bonchev–Trinajstić information content (AvgIpc) is 2.93. The number of anilines is 2. The lowest BCUT2D eigenvalue weighted by atomic mass is 10.1. The summed E-state index contributed by atoms with van der Waals surface area (Å²) in [7, 11) is 1.61. The highest BCUT2D eigenvalue weighted by Crippen LogP contribution is 2.22. The van der Waals surface area contributed by atoms with Gasteiger partial charge in [-0.25, -0.2) is 0 Å². The number of thiocarbonyl (C=S) groups is 1. The Balaban J connectivity index is 1.21. The molecule has 1 saturated heterocycles. The standard InChI is InChI=1S/C27H27ClN4O3S2/c1-35-23-10-2-19(3-11-23)26(34)32-16-14-31(15-17-32)22-8-6-21(7-9-22)29-27(36)30-25(33)18-37-24-12-4-20(28)5-13-24/h2-13H,14-18H2,1H3,(H2,29,30,33,36). The van der Waals surface area contributed by atoms with Crippen molar-refractivity contribution >= 4 is 63.9 Å². The number of halogens is 1. The van der Waals surface area contributed by atoms with Gasteiger partial charge in [0.1, 0.15) is 5.75 Å². The van der Waals surface area contributed by atoms with Gasteiger partial charge in [0, 0.05) is 53.0 Å². The normalized spacial score (nSPS) is 13.1. The fourth-order valence-corrected chi connectivity index (χ4v) is 4.90. The number of ether oxygens (including phenoxy) is 1. The van der Waals surface area contributed by atoms with Crippen LogP contribution in [0.2, 0.25) is 5.02 Å². The third-order valence-electron chi connectivity index (χ3n) is 5.83. The van der Waals surface area contributed by atoms with Crippen molar-refractivity contribution in [3.8, 4) is 5.75 Å². The first-order valence-corrected chi connectivity index (χ1v) is 13.5. The van der Waals surface area contributed by atoms with Gasteiger partial charge in [-0.1, -0.05) is 11.6 Å². The van der Waals surface area contributed by atoms with Gasteiger partial charge in [0.25, 0.3) is 5.91 Å². The van der Waals surface area contributed by atoms with Gasteiger partial charge in [0.05, 0.1) is 12.9 Å². The zero-order chi connectivity index (χ0) is 26.2. The van der Waals surface area contributed by atoms with E-state index in [9.17, 15) is 9.59 Å². The van der Waals surface area contributed by atoms with E-state index in [-0.39, 0.29) is 22.7 Å². The minimum absolute atomic E-state index is 0.0315. The van der Waals surface area contributed by atoms with E-state index < -0.39 is 0 Å². The molecule has 0 aliphatic carbocycles. The first-order chi connectivity index (χ1) is 17.9. The summed E-state index contributed by atoms with van der Waals surface area (Å²) >= 11 is 12.6. The summed E-state index contributed by atoms with van der Waals surface area (Å²) in [6, 6.07) is 22.4. The number of hydrogen-bond donors (Lipinski definition) is 2. The van der Waals surface area contributed by atoms with Crippen LogP contribution in [0.4, 0.5) is 11.4 Å². The Kier molecular flexibility index (Phi) is 9.27. The maximum Gasteiger partial charge on any atom is 0.253 e. The number of methoxy groups -OCH3 is 1. The van der Waals surface area contributed by atoms with E-state index in [1.54, 1.807) is 43.5 Å². The molecule has 1 fully saturated rings. The monoisotopic (exact) mass is 554 g/mol. The van der Waals surface area contributed by atoms with Crippen LogP contribution < -0.4 is 20.3 Å². The molecular weight excluding hydrogens is 528 g/mol. The molecule has 0 bridgehead atoms. The fraction of sp³-hybridized carbons (Fsp3) is 0.222. The van der Waals surface area contributed by atoms with Crippen LogP contribution in [0.15, 0.2) is 77.7 Å². The van der Waals surface area contributed by atoms with Gasteiger partial charge < -0.3 is 25.2 Å². The van der Waals surface area contributed by atoms with Crippen LogP contribution in [0.25, 0.3) is 0 Å². The molecule has 192 valence electrons. The van der Waals surface area contributed by atoms with Crippen LogP contribution in [0.5, 0.6) is 5.75 Å². The molecule has 3 aromatic rings. The predicted molar refractivity (Wildman–Crippen MR) is 154 cm³/mol. The van der Waals surface area contributed by atoms with Gasteiger partial charge in [-0.2, -0.15) is 0 Å². The Labute approximate surface area is 231 Å². The van der Waals surface area contributed by atoms with Crippen LogP contribution in [-0.4, -0.2) is 60.9 Å². The summed E-state index contributed by atoms with van der Waals surface area (Å²) in [5, 5.41) is 6.66. The molecule has 4 rings (SSSR count). The Bertz CT molecular complexity index is 1230. The molecule has 0 saturated carbocycles. The van der Waals surface area contributed by atoms with Crippen molar-refractivity contribution in [3.05, 3.63) is 83.4 Å². The van der Waals surface area contributed by atoms with Gasteiger partial charge in [-0.3, -0.25) is 9.59 Å². The number of piperazine rings is 1. The first kappa shape index (κ1) is 26.8. The molecule has 7 nitrogen and oxygen atoms in total. The number of carbonyl (C=O) groups excluding carboxylic acids is 2. The van der Waals surface area contributed by atoms with Crippen LogP contribution in [0.3, 0.4) is 0 Å². The van der Waals surface area contributed by atoms with Gasteiger partial charge in [-0.05, 0) is 85.0 Å². The maximum absolute atomic E-state index is 12.8. The van der Waals surface area contributed by atoms with Crippen molar-refractivity contribution < 1.29 is 14.3 Å². The van der Waals surface area contributed by atoms with Crippen LogP contribution >= 0.6 is 35.6 Å². The van der Waals surface area contributed by atoms with Crippen molar-refractivity contribution in [3.63, 3.8) is 0 Å². The highest BCUT2D eigenvalue weighted by molar-refractivity contribution is 8.00. The molecule has 1 aliphatic rings. The van der Waals surface area contributed by atoms with Gasteiger partial charge in [-0.15, -0.1) is 11.8 Å². The van der Waals surface area contributed by atoms with Crippen molar-refractivity contribution in [1.29, 1.82) is 0 Å². The van der Waals surface area contributed by atoms with E-state index in [1.807, 2.05) is 41.3 Å². The van der Waals surface area contributed by atoms with E-state index in [4.69, 9.17) is 28.6 Å². The third kappa shape index (κ3) is 7.61. The number of thioether (sulfide) groups is 1.